The molecule has 0 aromatic rings. The van der Waals surface area contributed by atoms with E-state index in [1.54, 1.807) is 6.92 Å². The number of amides is 3. The van der Waals surface area contributed by atoms with Crippen molar-refractivity contribution in [2.45, 2.75) is 31.7 Å². The lowest BCUT2D eigenvalue weighted by molar-refractivity contribution is -0.115. The van der Waals surface area contributed by atoms with E-state index in [9.17, 15) is 18.4 Å². The maximum atomic E-state index is 12.4. The first-order chi connectivity index (χ1) is 7.93. The second kappa shape index (κ2) is 5.60. The SMILES string of the molecule is CCO/C=C/C(=O)NC(=O)NC1CC(F)(F)C1. The van der Waals surface area contributed by atoms with Gasteiger partial charge in [-0.2, -0.15) is 0 Å². The first-order valence-corrected chi connectivity index (χ1v) is 5.20. The summed E-state index contributed by atoms with van der Waals surface area (Å²) in [6.45, 7) is 2.15. The number of hydrogen-bond acceptors (Lipinski definition) is 3. The van der Waals surface area contributed by atoms with Crippen LogP contribution in [0.15, 0.2) is 12.3 Å². The second-order valence-corrected chi connectivity index (χ2v) is 3.68. The quantitative estimate of drug-likeness (QED) is 0.579. The molecule has 1 rings (SSSR count). The Balaban J connectivity index is 2.19. The molecule has 0 unspecified atom stereocenters. The van der Waals surface area contributed by atoms with Gasteiger partial charge in [0.1, 0.15) is 0 Å². The fourth-order valence-electron chi connectivity index (χ4n) is 1.34. The van der Waals surface area contributed by atoms with Gasteiger partial charge in [0, 0.05) is 25.0 Å². The molecule has 1 fully saturated rings. The highest BCUT2D eigenvalue weighted by Gasteiger charge is 2.45. The number of rotatable bonds is 4. The Morgan fingerprint density at radius 2 is 2.12 bits per heavy atom. The number of imide groups is 1. The molecule has 0 aliphatic heterocycles. The van der Waals surface area contributed by atoms with Crippen molar-refractivity contribution in [3.05, 3.63) is 12.3 Å². The van der Waals surface area contributed by atoms with Gasteiger partial charge in [0.25, 0.3) is 11.8 Å². The Kier molecular flexibility index (Phi) is 4.42. The minimum Gasteiger partial charge on any atom is -0.501 e. The zero-order valence-corrected chi connectivity index (χ0v) is 9.33. The molecule has 0 spiro atoms. The van der Waals surface area contributed by atoms with Crippen molar-refractivity contribution in [2.24, 2.45) is 0 Å². The van der Waals surface area contributed by atoms with Crippen molar-refractivity contribution in [3.8, 4) is 0 Å². The molecule has 0 atom stereocenters. The van der Waals surface area contributed by atoms with Crippen LogP contribution in [-0.2, 0) is 9.53 Å². The monoisotopic (exact) mass is 248 g/mol. The summed E-state index contributed by atoms with van der Waals surface area (Å²) in [7, 11) is 0. The Labute approximate surface area is 97.2 Å². The van der Waals surface area contributed by atoms with Crippen LogP contribution in [0.5, 0.6) is 0 Å². The number of nitrogens with one attached hydrogen (secondary N) is 2. The third-order valence-electron chi connectivity index (χ3n) is 2.14. The fraction of sp³-hybridized carbons (Fsp3) is 0.600. The highest BCUT2D eigenvalue weighted by Crippen LogP contribution is 2.37. The third kappa shape index (κ3) is 4.80. The van der Waals surface area contributed by atoms with Crippen LogP contribution in [0.25, 0.3) is 0 Å². The smallest absolute Gasteiger partial charge is 0.321 e. The number of carbonyl (C=O) groups is 2. The van der Waals surface area contributed by atoms with E-state index < -0.39 is 23.9 Å². The number of carbonyl (C=O) groups excluding carboxylic acids is 2. The van der Waals surface area contributed by atoms with E-state index in [1.165, 1.54) is 0 Å². The zero-order chi connectivity index (χ0) is 12.9. The lowest BCUT2D eigenvalue weighted by Gasteiger charge is -2.35. The predicted molar refractivity (Wildman–Crippen MR) is 55.4 cm³/mol. The summed E-state index contributed by atoms with van der Waals surface area (Å²) >= 11 is 0. The van der Waals surface area contributed by atoms with Gasteiger partial charge in [-0.15, -0.1) is 0 Å². The van der Waals surface area contributed by atoms with Crippen LogP contribution in [0, 0.1) is 0 Å². The maximum absolute atomic E-state index is 12.4. The Hall–Kier alpha value is -1.66. The Morgan fingerprint density at radius 3 is 2.65 bits per heavy atom. The molecule has 96 valence electrons. The van der Waals surface area contributed by atoms with Gasteiger partial charge in [0.2, 0.25) is 0 Å². The number of hydrogen-bond donors (Lipinski definition) is 2. The van der Waals surface area contributed by atoms with E-state index in [1.807, 2.05) is 5.32 Å². The van der Waals surface area contributed by atoms with E-state index >= 15 is 0 Å². The molecular formula is C10H14F2N2O3. The average Bonchev–Trinajstić information content (AvgIpc) is 2.14. The first kappa shape index (κ1) is 13.4. The standard InChI is InChI=1S/C10H14F2N2O3/c1-2-17-4-3-8(15)14-9(16)13-7-5-10(11,12)6-7/h3-4,7H,2,5-6H2,1H3,(H2,13,14,15,16)/b4-3+. The largest absolute Gasteiger partial charge is 0.501 e. The van der Waals surface area contributed by atoms with E-state index in [4.69, 9.17) is 4.74 Å². The van der Waals surface area contributed by atoms with Gasteiger partial charge in [0.05, 0.1) is 12.9 Å². The van der Waals surface area contributed by atoms with Gasteiger partial charge >= 0.3 is 6.03 Å². The van der Waals surface area contributed by atoms with Gasteiger partial charge in [0.15, 0.2) is 0 Å². The summed E-state index contributed by atoms with van der Waals surface area (Å²) in [5.74, 6) is -3.36. The summed E-state index contributed by atoms with van der Waals surface area (Å²) in [6.07, 6.45) is 1.42. The van der Waals surface area contributed by atoms with Crippen LogP contribution < -0.4 is 10.6 Å². The molecule has 0 bridgehead atoms. The summed E-state index contributed by atoms with van der Waals surface area (Å²) in [5, 5.41) is 4.23. The molecule has 0 aromatic carbocycles. The van der Waals surface area contributed by atoms with E-state index in [0.717, 1.165) is 12.3 Å². The molecule has 1 aliphatic carbocycles. The van der Waals surface area contributed by atoms with Crippen molar-refractivity contribution in [2.75, 3.05) is 6.61 Å². The van der Waals surface area contributed by atoms with E-state index in [0.29, 0.717) is 6.61 Å². The molecule has 0 saturated heterocycles. The summed E-state index contributed by atoms with van der Waals surface area (Å²) in [4.78, 5) is 22.2. The topological polar surface area (TPSA) is 67.4 Å². The van der Waals surface area contributed by atoms with Gasteiger partial charge in [-0.25, -0.2) is 13.6 Å². The second-order valence-electron chi connectivity index (χ2n) is 3.68. The van der Waals surface area contributed by atoms with Crippen LogP contribution in [0.1, 0.15) is 19.8 Å². The normalized spacial score (nSPS) is 18.5. The van der Waals surface area contributed by atoms with Crippen molar-refractivity contribution >= 4 is 11.9 Å². The van der Waals surface area contributed by atoms with Gasteiger partial charge in [-0.05, 0) is 6.92 Å². The molecule has 17 heavy (non-hydrogen) atoms. The lowest BCUT2D eigenvalue weighted by atomic mass is 9.88. The van der Waals surface area contributed by atoms with Crippen molar-refractivity contribution in [1.29, 1.82) is 0 Å². The van der Waals surface area contributed by atoms with Crippen molar-refractivity contribution in [1.82, 2.24) is 10.6 Å². The highest BCUT2D eigenvalue weighted by atomic mass is 19.3. The highest BCUT2D eigenvalue weighted by molar-refractivity contribution is 6.00. The van der Waals surface area contributed by atoms with Crippen LogP contribution in [0.2, 0.25) is 0 Å². The van der Waals surface area contributed by atoms with Gasteiger partial charge in [-0.3, -0.25) is 10.1 Å². The molecule has 1 aliphatic rings. The molecule has 1 saturated carbocycles. The minimum absolute atomic E-state index is 0.386. The number of halogens is 2. The minimum atomic E-state index is -2.70. The molecule has 0 heterocycles. The average molecular weight is 248 g/mol. The van der Waals surface area contributed by atoms with Crippen LogP contribution in [0.3, 0.4) is 0 Å². The molecule has 0 radical (unpaired) electrons. The lowest BCUT2D eigenvalue weighted by Crippen LogP contribution is -2.53. The molecule has 0 aromatic heterocycles. The van der Waals surface area contributed by atoms with Crippen molar-refractivity contribution < 1.29 is 23.1 Å². The molecule has 7 heteroatoms. The van der Waals surface area contributed by atoms with E-state index in [2.05, 4.69) is 5.32 Å². The molecular weight excluding hydrogens is 234 g/mol. The molecule has 3 amide bonds. The van der Waals surface area contributed by atoms with Gasteiger partial charge in [-0.1, -0.05) is 0 Å². The summed E-state index contributed by atoms with van der Waals surface area (Å²) in [6, 6.07) is -1.36. The number of ether oxygens (including phenoxy) is 1. The van der Waals surface area contributed by atoms with Crippen LogP contribution >= 0.6 is 0 Å². The Morgan fingerprint density at radius 1 is 1.47 bits per heavy atom. The molecule has 5 nitrogen and oxygen atoms in total. The first-order valence-electron chi connectivity index (χ1n) is 5.20. The van der Waals surface area contributed by atoms with E-state index in [-0.39, 0.29) is 12.8 Å². The predicted octanol–water partition coefficient (Wildman–Crippen LogP) is 1.16. The van der Waals surface area contributed by atoms with Crippen molar-refractivity contribution in [3.63, 3.8) is 0 Å². The van der Waals surface area contributed by atoms with Crippen LogP contribution in [-0.4, -0.2) is 30.5 Å². The fourth-order valence-corrected chi connectivity index (χ4v) is 1.34. The van der Waals surface area contributed by atoms with Gasteiger partial charge < -0.3 is 10.1 Å². The molecule has 2 N–H and O–H groups in total. The summed E-state index contributed by atoms with van der Waals surface area (Å²) < 4.78 is 29.6. The zero-order valence-electron chi connectivity index (χ0n) is 9.33. The number of urea groups is 1. The Bertz CT molecular complexity index is 324. The maximum Gasteiger partial charge on any atom is 0.321 e. The third-order valence-corrected chi connectivity index (χ3v) is 2.14. The van der Waals surface area contributed by atoms with Crippen LogP contribution in [0.4, 0.5) is 13.6 Å². The summed E-state index contributed by atoms with van der Waals surface area (Å²) in [5.41, 5.74) is 0. The number of alkyl halides is 2.